The fourth-order valence-corrected chi connectivity index (χ4v) is 1.71. The summed E-state index contributed by atoms with van der Waals surface area (Å²) in [6.07, 6.45) is 3.27. The van der Waals surface area contributed by atoms with E-state index < -0.39 is 0 Å². The Morgan fingerprint density at radius 2 is 2.42 bits per heavy atom. The van der Waals surface area contributed by atoms with Crippen LogP contribution >= 0.6 is 0 Å². The van der Waals surface area contributed by atoms with E-state index in [1.807, 2.05) is 7.05 Å². The molecule has 0 bridgehead atoms. The van der Waals surface area contributed by atoms with Crippen molar-refractivity contribution in [3.05, 3.63) is 0 Å². The Kier molecular flexibility index (Phi) is 3.50. The zero-order chi connectivity index (χ0) is 8.97. The van der Waals surface area contributed by atoms with Gasteiger partial charge in [-0.25, -0.2) is 0 Å². The third kappa shape index (κ3) is 2.19. The van der Waals surface area contributed by atoms with Crippen LogP contribution in [0.3, 0.4) is 0 Å². The van der Waals surface area contributed by atoms with Crippen LogP contribution in [0, 0.1) is 5.92 Å². The maximum absolute atomic E-state index is 11.8. The zero-order valence-electron chi connectivity index (χ0n) is 7.55. The highest BCUT2D eigenvalue weighted by molar-refractivity contribution is 5.79. The summed E-state index contributed by atoms with van der Waals surface area (Å²) in [5, 5.41) is 0. The molecule has 12 heavy (non-hydrogen) atoms. The third-order valence-corrected chi connectivity index (χ3v) is 2.46. The van der Waals surface area contributed by atoms with Gasteiger partial charge in [-0.2, -0.15) is 0 Å². The topological polar surface area (TPSA) is 20.3 Å². The normalized spacial score (nSPS) is 24.7. The van der Waals surface area contributed by atoms with E-state index in [1.165, 1.54) is 0 Å². The van der Waals surface area contributed by atoms with Crippen LogP contribution in [0.1, 0.15) is 25.7 Å². The summed E-state index contributed by atoms with van der Waals surface area (Å²) < 4.78 is 11.8. The fourth-order valence-electron chi connectivity index (χ4n) is 1.71. The Hall–Kier alpha value is -0.600. The van der Waals surface area contributed by atoms with Gasteiger partial charge in [0.25, 0.3) is 0 Å². The third-order valence-electron chi connectivity index (χ3n) is 2.46. The largest absolute Gasteiger partial charge is 0.346 e. The molecule has 0 saturated carbocycles. The van der Waals surface area contributed by atoms with E-state index >= 15 is 0 Å². The van der Waals surface area contributed by atoms with Gasteiger partial charge in [0.1, 0.15) is 0 Å². The summed E-state index contributed by atoms with van der Waals surface area (Å²) in [6, 6.07) is 0. The van der Waals surface area contributed by atoms with Gasteiger partial charge in [0.15, 0.2) is 0 Å². The van der Waals surface area contributed by atoms with E-state index in [0.717, 1.165) is 25.8 Å². The Bertz CT molecular complexity index is 161. The molecule has 2 nitrogen and oxygen atoms in total. The predicted octanol–water partition coefficient (Wildman–Crippen LogP) is 1.60. The highest BCUT2D eigenvalue weighted by Crippen LogP contribution is 2.21. The summed E-state index contributed by atoms with van der Waals surface area (Å²) in [7, 11) is 1.82. The Morgan fingerprint density at radius 1 is 1.67 bits per heavy atom. The molecule has 0 aromatic carbocycles. The van der Waals surface area contributed by atoms with E-state index in [2.05, 4.69) is 0 Å². The van der Waals surface area contributed by atoms with E-state index in [4.69, 9.17) is 0 Å². The highest BCUT2D eigenvalue weighted by Gasteiger charge is 2.25. The van der Waals surface area contributed by atoms with Crippen LogP contribution in [0.15, 0.2) is 0 Å². The number of nitrogens with zero attached hydrogens (tertiary/aromatic N) is 1. The molecule has 0 N–H and O–H groups in total. The number of amides is 1. The molecule has 1 saturated heterocycles. The lowest BCUT2D eigenvalue weighted by Gasteiger charge is -2.28. The summed E-state index contributed by atoms with van der Waals surface area (Å²) >= 11 is 0. The number of likely N-dealkylation sites (tertiary alicyclic amines) is 1. The smallest absolute Gasteiger partial charge is 0.225 e. The summed E-state index contributed by atoms with van der Waals surface area (Å²) in [5.74, 6) is 0.300. The molecular formula is C9H16FNO. The number of carbonyl (C=O) groups excluding carboxylic acids is 1. The van der Waals surface area contributed by atoms with Gasteiger partial charge < -0.3 is 4.90 Å². The highest BCUT2D eigenvalue weighted by atomic mass is 19.1. The average Bonchev–Trinajstić information content (AvgIpc) is 2.08. The van der Waals surface area contributed by atoms with Gasteiger partial charge >= 0.3 is 0 Å². The molecule has 1 heterocycles. The molecule has 1 unspecified atom stereocenters. The maximum atomic E-state index is 11.8. The van der Waals surface area contributed by atoms with Gasteiger partial charge in [-0.05, 0) is 25.7 Å². The lowest BCUT2D eigenvalue weighted by molar-refractivity contribution is -0.137. The summed E-state index contributed by atoms with van der Waals surface area (Å²) in [6.45, 7) is 0.568. The molecule has 0 aromatic heterocycles. The van der Waals surface area contributed by atoms with Crippen molar-refractivity contribution in [2.75, 3.05) is 20.3 Å². The Balaban J connectivity index is 2.36. The van der Waals surface area contributed by atoms with Gasteiger partial charge in [-0.3, -0.25) is 9.18 Å². The van der Waals surface area contributed by atoms with E-state index in [1.54, 1.807) is 4.90 Å². The van der Waals surface area contributed by atoms with Crippen molar-refractivity contribution in [2.24, 2.45) is 5.92 Å². The molecule has 70 valence electrons. The van der Waals surface area contributed by atoms with Gasteiger partial charge in [0.05, 0.1) is 6.67 Å². The number of piperidine rings is 1. The SMILES string of the molecule is CN1CCCC(CCCF)C1=O. The first kappa shape index (κ1) is 9.49. The van der Waals surface area contributed by atoms with E-state index in [9.17, 15) is 9.18 Å². The molecule has 1 aliphatic rings. The lowest BCUT2D eigenvalue weighted by atomic mass is 9.93. The van der Waals surface area contributed by atoms with Crippen molar-refractivity contribution in [3.8, 4) is 0 Å². The molecule has 3 heteroatoms. The van der Waals surface area contributed by atoms with Crippen molar-refractivity contribution in [1.29, 1.82) is 0 Å². The number of halogens is 1. The van der Waals surface area contributed by atoms with Crippen LogP contribution in [0.2, 0.25) is 0 Å². The number of alkyl halides is 1. The second-order valence-corrected chi connectivity index (χ2v) is 3.43. The molecular weight excluding hydrogens is 157 g/mol. The van der Waals surface area contributed by atoms with Crippen LogP contribution in [-0.2, 0) is 4.79 Å². The molecule has 1 amide bonds. The van der Waals surface area contributed by atoms with Crippen molar-refractivity contribution in [1.82, 2.24) is 4.90 Å². The van der Waals surface area contributed by atoms with Crippen LogP contribution in [0.25, 0.3) is 0 Å². The van der Waals surface area contributed by atoms with Gasteiger partial charge in [0, 0.05) is 19.5 Å². The lowest BCUT2D eigenvalue weighted by Crippen LogP contribution is -2.38. The first-order valence-electron chi connectivity index (χ1n) is 4.56. The average molecular weight is 173 g/mol. The minimum absolute atomic E-state index is 0.0968. The number of carbonyl (C=O) groups is 1. The molecule has 1 aliphatic heterocycles. The quantitative estimate of drug-likeness (QED) is 0.635. The fraction of sp³-hybridized carbons (Fsp3) is 0.889. The Labute approximate surface area is 72.7 Å². The minimum Gasteiger partial charge on any atom is -0.346 e. The predicted molar refractivity (Wildman–Crippen MR) is 45.6 cm³/mol. The van der Waals surface area contributed by atoms with E-state index in [0.29, 0.717) is 6.42 Å². The van der Waals surface area contributed by atoms with Crippen molar-refractivity contribution in [3.63, 3.8) is 0 Å². The van der Waals surface area contributed by atoms with E-state index in [-0.39, 0.29) is 18.5 Å². The van der Waals surface area contributed by atoms with Gasteiger partial charge in [-0.1, -0.05) is 0 Å². The standard InChI is InChI=1S/C9H16FNO/c1-11-7-3-5-8(9(11)12)4-2-6-10/h8H,2-7H2,1H3. The zero-order valence-corrected chi connectivity index (χ0v) is 7.55. The monoisotopic (exact) mass is 173 g/mol. The molecule has 1 fully saturated rings. The molecule has 0 radical (unpaired) electrons. The molecule has 0 spiro atoms. The van der Waals surface area contributed by atoms with Crippen LogP contribution in [0.5, 0.6) is 0 Å². The molecule has 1 atom stereocenters. The first-order chi connectivity index (χ1) is 5.75. The van der Waals surface area contributed by atoms with Crippen LogP contribution < -0.4 is 0 Å². The van der Waals surface area contributed by atoms with Crippen LogP contribution in [-0.4, -0.2) is 31.1 Å². The maximum Gasteiger partial charge on any atom is 0.225 e. The first-order valence-corrected chi connectivity index (χ1v) is 4.56. The van der Waals surface area contributed by atoms with Gasteiger partial charge in [0.2, 0.25) is 5.91 Å². The molecule has 1 rings (SSSR count). The molecule has 0 aromatic rings. The Morgan fingerprint density at radius 3 is 3.08 bits per heavy atom. The molecule has 0 aliphatic carbocycles. The van der Waals surface area contributed by atoms with Crippen molar-refractivity contribution >= 4 is 5.91 Å². The number of hydrogen-bond acceptors (Lipinski definition) is 1. The number of rotatable bonds is 3. The second-order valence-electron chi connectivity index (χ2n) is 3.43. The summed E-state index contributed by atoms with van der Waals surface area (Å²) in [5.41, 5.74) is 0. The number of hydrogen-bond donors (Lipinski definition) is 0. The van der Waals surface area contributed by atoms with Crippen molar-refractivity contribution < 1.29 is 9.18 Å². The summed E-state index contributed by atoms with van der Waals surface area (Å²) in [4.78, 5) is 13.2. The minimum atomic E-state index is -0.298. The van der Waals surface area contributed by atoms with Gasteiger partial charge in [-0.15, -0.1) is 0 Å². The van der Waals surface area contributed by atoms with Crippen LogP contribution in [0.4, 0.5) is 4.39 Å². The van der Waals surface area contributed by atoms with Crippen molar-refractivity contribution in [2.45, 2.75) is 25.7 Å². The second kappa shape index (κ2) is 4.43.